The van der Waals surface area contributed by atoms with Crippen molar-refractivity contribution in [1.82, 2.24) is 0 Å². The number of hydrogen-bond acceptors (Lipinski definition) is 3. The quantitative estimate of drug-likeness (QED) is 0.892. The van der Waals surface area contributed by atoms with Crippen molar-refractivity contribution in [3.63, 3.8) is 0 Å². The number of carbonyl (C=O) groups excluding carboxylic acids is 1. The lowest BCUT2D eigenvalue weighted by atomic mass is 10.1. The second-order valence-electron chi connectivity index (χ2n) is 4.30. The van der Waals surface area contributed by atoms with E-state index in [1.807, 2.05) is 0 Å². The molecule has 0 fully saturated rings. The number of rotatable bonds is 5. The van der Waals surface area contributed by atoms with E-state index in [1.165, 1.54) is 24.3 Å². The predicted octanol–water partition coefficient (Wildman–Crippen LogP) is 2.73. The minimum absolute atomic E-state index is 0.123. The maximum Gasteiger partial charge on any atom is 0.261 e. The molecule has 116 valence electrons. The summed E-state index contributed by atoms with van der Waals surface area (Å²) in [5.41, 5.74) is -0.577. The summed E-state index contributed by atoms with van der Waals surface area (Å²) in [5.74, 6) is -4.22. The third kappa shape index (κ3) is 3.76. The molecule has 22 heavy (non-hydrogen) atoms. The molecule has 0 aromatic heterocycles. The van der Waals surface area contributed by atoms with Crippen LogP contribution in [0, 0.1) is 17.5 Å². The fourth-order valence-electron chi connectivity index (χ4n) is 1.75. The third-order valence-corrected chi connectivity index (χ3v) is 2.71. The van der Waals surface area contributed by atoms with E-state index in [-0.39, 0.29) is 18.9 Å². The first kappa shape index (κ1) is 15.8. The summed E-state index contributed by atoms with van der Waals surface area (Å²) in [7, 11) is 0. The van der Waals surface area contributed by atoms with Crippen LogP contribution in [0.3, 0.4) is 0 Å². The molecular formula is C15H12F3NO3. The van der Waals surface area contributed by atoms with Crippen LogP contribution in [0.5, 0.6) is 5.75 Å². The molecule has 0 atom stereocenters. The average molecular weight is 311 g/mol. The Bertz CT molecular complexity index is 651. The lowest BCUT2D eigenvalue weighted by molar-refractivity contribution is 0.101. The van der Waals surface area contributed by atoms with Crippen LogP contribution >= 0.6 is 0 Å². The Morgan fingerprint density at radius 1 is 1.09 bits per heavy atom. The van der Waals surface area contributed by atoms with Crippen molar-refractivity contribution < 1.29 is 27.8 Å². The highest BCUT2D eigenvalue weighted by Crippen LogP contribution is 2.19. The Morgan fingerprint density at radius 3 is 2.23 bits per heavy atom. The molecule has 0 bridgehead atoms. The lowest BCUT2D eigenvalue weighted by Gasteiger charge is -2.09. The minimum Gasteiger partial charge on any atom is -0.491 e. The van der Waals surface area contributed by atoms with Crippen molar-refractivity contribution in [3.05, 3.63) is 59.4 Å². The van der Waals surface area contributed by atoms with E-state index >= 15 is 0 Å². The number of halogens is 3. The summed E-state index contributed by atoms with van der Waals surface area (Å²) < 4.78 is 44.9. The number of aliphatic hydroxyl groups excluding tert-OH is 1. The summed E-state index contributed by atoms with van der Waals surface area (Å²) in [6.45, 7) is -0.0146. The molecule has 0 aliphatic carbocycles. The van der Waals surface area contributed by atoms with Crippen molar-refractivity contribution in [3.8, 4) is 5.75 Å². The van der Waals surface area contributed by atoms with Gasteiger partial charge >= 0.3 is 0 Å². The molecule has 0 aliphatic rings. The zero-order valence-electron chi connectivity index (χ0n) is 11.3. The Kier molecular flexibility index (Phi) is 5.00. The third-order valence-electron chi connectivity index (χ3n) is 2.71. The fraction of sp³-hybridized carbons (Fsp3) is 0.133. The zero-order valence-corrected chi connectivity index (χ0v) is 11.3. The van der Waals surface area contributed by atoms with Crippen molar-refractivity contribution in [1.29, 1.82) is 0 Å². The van der Waals surface area contributed by atoms with Gasteiger partial charge in [0.15, 0.2) is 0 Å². The molecule has 2 N–H and O–H groups in total. The van der Waals surface area contributed by atoms with E-state index in [0.717, 1.165) is 0 Å². The Labute approximate surface area is 124 Å². The molecule has 0 saturated carbocycles. The monoisotopic (exact) mass is 311 g/mol. The largest absolute Gasteiger partial charge is 0.491 e. The molecule has 2 aromatic rings. The molecule has 0 saturated heterocycles. The Hall–Kier alpha value is -2.54. The predicted molar refractivity (Wildman–Crippen MR) is 73.3 cm³/mol. The van der Waals surface area contributed by atoms with Gasteiger partial charge in [0.2, 0.25) is 0 Å². The number of anilines is 1. The Morgan fingerprint density at radius 2 is 1.68 bits per heavy atom. The van der Waals surface area contributed by atoms with Gasteiger partial charge in [-0.05, 0) is 24.3 Å². The van der Waals surface area contributed by atoms with Crippen LogP contribution in [0.25, 0.3) is 0 Å². The molecule has 0 aliphatic heterocycles. The summed E-state index contributed by atoms with van der Waals surface area (Å²) in [6, 6.07) is 6.83. The van der Waals surface area contributed by atoms with Crippen LogP contribution in [0.1, 0.15) is 10.4 Å². The zero-order chi connectivity index (χ0) is 16.1. The molecule has 0 spiro atoms. The first-order valence-corrected chi connectivity index (χ1v) is 6.31. The number of hydrogen-bond donors (Lipinski definition) is 2. The number of benzene rings is 2. The van der Waals surface area contributed by atoms with Gasteiger partial charge in [0.1, 0.15) is 35.4 Å². The topological polar surface area (TPSA) is 58.6 Å². The van der Waals surface area contributed by atoms with Gasteiger partial charge in [-0.2, -0.15) is 0 Å². The number of carbonyl (C=O) groups is 1. The summed E-state index contributed by atoms with van der Waals surface area (Å²) >= 11 is 0. The maximum absolute atomic E-state index is 13.5. The van der Waals surface area contributed by atoms with Crippen LogP contribution in [0.2, 0.25) is 0 Å². The first-order chi connectivity index (χ1) is 10.5. The average Bonchev–Trinajstić information content (AvgIpc) is 2.45. The van der Waals surface area contributed by atoms with Crippen LogP contribution < -0.4 is 10.1 Å². The van der Waals surface area contributed by atoms with Crippen LogP contribution in [0.15, 0.2) is 36.4 Å². The standard InChI is InChI=1S/C15H12F3NO3/c16-9-7-12(17)14(13(18)8-9)15(21)19-10-1-3-11(4-2-10)22-6-5-20/h1-4,7-8,20H,5-6H2,(H,19,21). The highest BCUT2D eigenvalue weighted by Gasteiger charge is 2.19. The van der Waals surface area contributed by atoms with Gasteiger partial charge in [0.05, 0.1) is 6.61 Å². The van der Waals surface area contributed by atoms with E-state index in [2.05, 4.69) is 5.32 Å². The molecular weight excluding hydrogens is 299 g/mol. The lowest BCUT2D eigenvalue weighted by Crippen LogP contribution is -2.16. The van der Waals surface area contributed by atoms with Gasteiger partial charge in [-0.25, -0.2) is 13.2 Å². The van der Waals surface area contributed by atoms with E-state index in [4.69, 9.17) is 9.84 Å². The van der Waals surface area contributed by atoms with Crippen molar-refractivity contribution in [2.75, 3.05) is 18.5 Å². The molecule has 7 heteroatoms. The van der Waals surface area contributed by atoms with Crippen molar-refractivity contribution in [2.45, 2.75) is 0 Å². The fourth-order valence-corrected chi connectivity index (χ4v) is 1.75. The normalized spacial score (nSPS) is 10.4. The smallest absolute Gasteiger partial charge is 0.261 e. The molecule has 4 nitrogen and oxygen atoms in total. The summed E-state index contributed by atoms with van der Waals surface area (Å²) in [5, 5.41) is 10.9. The van der Waals surface area contributed by atoms with E-state index in [9.17, 15) is 18.0 Å². The SMILES string of the molecule is O=C(Nc1ccc(OCCO)cc1)c1c(F)cc(F)cc1F. The summed E-state index contributed by atoms with van der Waals surface area (Å²) in [6.07, 6.45) is 0. The molecule has 1 amide bonds. The number of ether oxygens (including phenoxy) is 1. The van der Waals surface area contributed by atoms with Gasteiger partial charge in [0.25, 0.3) is 5.91 Å². The van der Waals surface area contributed by atoms with E-state index < -0.39 is 28.9 Å². The minimum atomic E-state index is -1.28. The van der Waals surface area contributed by atoms with Gasteiger partial charge in [-0.1, -0.05) is 0 Å². The van der Waals surface area contributed by atoms with Crippen molar-refractivity contribution >= 4 is 11.6 Å². The first-order valence-electron chi connectivity index (χ1n) is 6.31. The van der Waals surface area contributed by atoms with E-state index in [1.54, 1.807) is 0 Å². The Balaban J connectivity index is 2.12. The van der Waals surface area contributed by atoms with Crippen LogP contribution in [-0.4, -0.2) is 24.2 Å². The maximum atomic E-state index is 13.5. The van der Waals surface area contributed by atoms with E-state index in [0.29, 0.717) is 17.9 Å². The molecule has 0 heterocycles. The molecule has 2 rings (SSSR count). The van der Waals surface area contributed by atoms with Gasteiger partial charge < -0.3 is 15.2 Å². The van der Waals surface area contributed by atoms with Crippen LogP contribution in [-0.2, 0) is 0 Å². The van der Waals surface area contributed by atoms with Crippen molar-refractivity contribution in [2.24, 2.45) is 0 Å². The van der Waals surface area contributed by atoms with Gasteiger partial charge in [-0.15, -0.1) is 0 Å². The highest BCUT2D eigenvalue weighted by atomic mass is 19.1. The van der Waals surface area contributed by atoms with Gasteiger partial charge in [0, 0.05) is 17.8 Å². The summed E-state index contributed by atoms with van der Waals surface area (Å²) in [4.78, 5) is 11.8. The van der Waals surface area contributed by atoms with Crippen LogP contribution in [0.4, 0.5) is 18.9 Å². The molecule has 2 aromatic carbocycles. The number of aliphatic hydroxyl groups is 1. The highest BCUT2D eigenvalue weighted by molar-refractivity contribution is 6.04. The molecule has 0 radical (unpaired) electrons. The van der Waals surface area contributed by atoms with Gasteiger partial charge in [-0.3, -0.25) is 4.79 Å². The second kappa shape index (κ2) is 6.95. The number of amides is 1. The second-order valence-corrected chi connectivity index (χ2v) is 4.30. The molecule has 0 unspecified atom stereocenters. The number of nitrogens with one attached hydrogen (secondary N) is 1.